The topological polar surface area (TPSA) is 144 Å². The Balaban J connectivity index is 1.34. The lowest BCUT2D eigenvalue weighted by molar-refractivity contribution is -0.121. The van der Waals surface area contributed by atoms with E-state index in [2.05, 4.69) is 25.4 Å². The second-order valence-corrected chi connectivity index (χ2v) is 14.8. The number of nitrogens with zero attached hydrogens (tertiary/aromatic N) is 4. The van der Waals surface area contributed by atoms with Crippen LogP contribution >= 0.6 is 11.6 Å². The van der Waals surface area contributed by atoms with Gasteiger partial charge in [-0.25, -0.2) is 17.6 Å². The van der Waals surface area contributed by atoms with Gasteiger partial charge in [-0.05, 0) is 54.7 Å². The van der Waals surface area contributed by atoms with Crippen LogP contribution in [0.25, 0.3) is 33.2 Å². The monoisotopic (exact) mass is 800 g/mol. The average molecular weight is 801 g/mol. The molecule has 2 aromatic carbocycles. The molecule has 0 radical (unpaired) electrons. The standard InChI is InChI=1S/C37H31ClF6N8O2S/c1-52-33-22(5-6-26(38)30(33)36(50-52)51-55(2)54)23-11-19(18-4-3-7-46-14-18)15-47-32(23)27(10-17-8-20(39)12-21(40)9-17)49-28(53)16-48-34-29(31(45)35(41)42)24-13-25(24)37(34,43)44/h3-9,11-12,14-15,24-25,27,35,45,48H,10,13,16H2,1-2H3,(H,49,53)(H,50,51)/t24?,25-,27?,55?/m1/s1. The molecule has 3 unspecified atom stereocenters. The van der Waals surface area contributed by atoms with E-state index in [0.29, 0.717) is 39.2 Å². The van der Waals surface area contributed by atoms with Crippen LogP contribution in [0.15, 0.2) is 78.4 Å². The Morgan fingerprint density at radius 1 is 1.11 bits per heavy atom. The van der Waals surface area contributed by atoms with Crippen molar-refractivity contribution in [3.63, 3.8) is 0 Å². The van der Waals surface area contributed by atoms with Crippen molar-refractivity contribution in [3.05, 3.63) is 106 Å². The number of halogens is 7. The van der Waals surface area contributed by atoms with Gasteiger partial charge in [0.05, 0.1) is 51.3 Å². The molecule has 0 saturated heterocycles. The number of fused-ring (bicyclic) bond motifs is 2. The molecule has 4 atom stereocenters. The van der Waals surface area contributed by atoms with Crippen molar-refractivity contribution in [3.8, 4) is 22.3 Å². The van der Waals surface area contributed by atoms with E-state index in [1.165, 1.54) is 17.1 Å². The predicted octanol–water partition coefficient (Wildman–Crippen LogP) is 7.15. The number of aryl methyl sites for hydroxylation is 1. The van der Waals surface area contributed by atoms with Crippen LogP contribution in [0.4, 0.5) is 32.2 Å². The maximum Gasteiger partial charge on any atom is 0.290 e. The molecule has 1 saturated carbocycles. The summed E-state index contributed by atoms with van der Waals surface area (Å²) in [6.45, 7) is -0.808. The molecule has 0 spiro atoms. The zero-order valence-electron chi connectivity index (χ0n) is 28.9. The first-order chi connectivity index (χ1) is 26.1. The quantitative estimate of drug-likeness (QED) is 0.0563. The fourth-order valence-corrected chi connectivity index (χ4v) is 7.84. The number of benzene rings is 2. The highest BCUT2D eigenvalue weighted by molar-refractivity contribution is 7.92. The van der Waals surface area contributed by atoms with E-state index >= 15 is 8.78 Å². The van der Waals surface area contributed by atoms with Crippen molar-refractivity contribution in [1.82, 2.24) is 30.4 Å². The molecule has 2 aliphatic carbocycles. The van der Waals surface area contributed by atoms with E-state index in [1.54, 1.807) is 49.8 Å². The molecule has 5 aromatic rings. The molecule has 1 fully saturated rings. The van der Waals surface area contributed by atoms with Gasteiger partial charge in [-0.3, -0.25) is 24.9 Å². The van der Waals surface area contributed by atoms with E-state index in [-0.39, 0.29) is 34.9 Å². The highest BCUT2D eigenvalue weighted by Crippen LogP contribution is 2.62. The van der Waals surface area contributed by atoms with Gasteiger partial charge in [-0.1, -0.05) is 23.7 Å². The van der Waals surface area contributed by atoms with Gasteiger partial charge in [-0.15, -0.1) is 0 Å². The van der Waals surface area contributed by atoms with Gasteiger partial charge >= 0.3 is 0 Å². The number of aromatic nitrogens is 4. The Kier molecular flexibility index (Phi) is 10.3. The number of hydrogen-bond donors (Lipinski definition) is 4. The minimum absolute atomic E-state index is 0.0486. The van der Waals surface area contributed by atoms with Gasteiger partial charge in [0, 0.05) is 65.4 Å². The average Bonchev–Trinajstić information content (AvgIpc) is 3.82. The summed E-state index contributed by atoms with van der Waals surface area (Å²) < 4.78 is 103. The Bertz CT molecular complexity index is 2340. The maximum atomic E-state index is 15.2. The Morgan fingerprint density at radius 2 is 1.85 bits per heavy atom. The summed E-state index contributed by atoms with van der Waals surface area (Å²) in [4.78, 5) is 22.6. The van der Waals surface area contributed by atoms with Crippen molar-refractivity contribution in [2.24, 2.45) is 18.9 Å². The van der Waals surface area contributed by atoms with Crippen molar-refractivity contribution in [1.29, 1.82) is 5.41 Å². The van der Waals surface area contributed by atoms with Gasteiger partial charge in [0.15, 0.2) is 0 Å². The van der Waals surface area contributed by atoms with Crippen LogP contribution in [0.5, 0.6) is 0 Å². The van der Waals surface area contributed by atoms with Crippen molar-refractivity contribution in [2.45, 2.75) is 31.2 Å². The number of pyridine rings is 2. The Hall–Kier alpha value is -5.13. The van der Waals surface area contributed by atoms with Gasteiger partial charge in [0.25, 0.3) is 12.3 Å². The lowest BCUT2D eigenvalue weighted by Gasteiger charge is -2.24. The molecule has 2 aliphatic rings. The highest BCUT2D eigenvalue weighted by Gasteiger charge is 2.66. The normalized spacial score (nSPS) is 18.3. The molecule has 0 aliphatic heterocycles. The predicted molar refractivity (Wildman–Crippen MR) is 196 cm³/mol. The third kappa shape index (κ3) is 7.47. The van der Waals surface area contributed by atoms with Crippen LogP contribution in [0.1, 0.15) is 23.7 Å². The fourth-order valence-electron chi connectivity index (χ4n) is 7.19. The molecule has 1 amide bonds. The van der Waals surface area contributed by atoms with E-state index in [4.69, 9.17) is 22.0 Å². The van der Waals surface area contributed by atoms with E-state index < -0.39 is 82.7 Å². The summed E-state index contributed by atoms with van der Waals surface area (Å²) in [5.41, 5.74) is 0.329. The molecule has 18 heteroatoms. The number of rotatable bonds is 13. The van der Waals surface area contributed by atoms with Gasteiger partial charge in [0.1, 0.15) is 23.6 Å². The van der Waals surface area contributed by atoms with E-state index in [9.17, 15) is 26.9 Å². The van der Waals surface area contributed by atoms with Crippen LogP contribution in [-0.4, -0.2) is 61.1 Å². The van der Waals surface area contributed by atoms with Crippen LogP contribution < -0.4 is 15.4 Å². The summed E-state index contributed by atoms with van der Waals surface area (Å²) in [7, 11) is 1.64. The number of alkyl halides is 4. The first-order valence-electron chi connectivity index (χ1n) is 16.8. The number of carbonyl (C=O) groups is 1. The molecule has 3 heterocycles. The second-order valence-electron chi connectivity index (χ2n) is 13.3. The lowest BCUT2D eigenvalue weighted by atomic mass is 9.92. The first-order valence-corrected chi connectivity index (χ1v) is 18.7. The third-order valence-corrected chi connectivity index (χ3v) is 10.4. The summed E-state index contributed by atoms with van der Waals surface area (Å²) in [6.07, 6.45) is 2.57. The second kappa shape index (κ2) is 14.8. The van der Waals surface area contributed by atoms with Gasteiger partial charge in [-0.2, -0.15) is 18.6 Å². The molecule has 10 nitrogen and oxygen atoms in total. The molecular weight excluding hydrogens is 770 g/mol. The van der Waals surface area contributed by atoms with Crippen LogP contribution in [0.2, 0.25) is 5.02 Å². The van der Waals surface area contributed by atoms with Crippen LogP contribution in [0, 0.1) is 28.9 Å². The minimum atomic E-state index is -3.56. The smallest absolute Gasteiger partial charge is 0.290 e. The summed E-state index contributed by atoms with van der Waals surface area (Å²) in [5.74, 6) is -8.14. The van der Waals surface area contributed by atoms with Crippen molar-refractivity contribution < 1.29 is 35.7 Å². The molecule has 4 N–H and O–H groups in total. The summed E-state index contributed by atoms with van der Waals surface area (Å²) >= 11 is 5.13. The molecule has 55 heavy (non-hydrogen) atoms. The SMILES string of the molecule is Cn1nc(N[S+](C)[O-])c2c(Cl)ccc(-c3cc(-c4cccnc4)cnc3C(Cc3cc(F)cc(F)c3)NC(=O)CNC3=C(C(=N)C(F)F)C4C[C@H]4C3(F)F)c21. The van der Waals surface area contributed by atoms with Gasteiger partial charge < -0.3 is 15.2 Å². The number of amides is 1. The molecule has 286 valence electrons. The zero-order valence-corrected chi connectivity index (χ0v) is 30.5. The number of hydrogen-bond acceptors (Lipinski definition) is 8. The molecular formula is C37H31ClF6N8O2S. The summed E-state index contributed by atoms with van der Waals surface area (Å²) in [5, 5.41) is 18.0. The van der Waals surface area contributed by atoms with Crippen molar-refractivity contribution in [2.75, 3.05) is 17.5 Å². The minimum Gasteiger partial charge on any atom is -0.593 e. The molecule has 7 rings (SSSR count). The molecule has 3 aromatic heterocycles. The van der Waals surface area contributed by atoms with Crippen molar-refractivity contribution >= 4 is 51.3 Å². The Morgan fingerprint density at radius 3 is 2.53 bits per heavy atom. The number of carbonyl (C=O) groups excluding carboxylic acids is 1. The van der Waals surface area contributed by atoms with Crippen LogP contribution in [0.3, 0.4) is 0 Å². The number of nitrogens with one attached hydrogen (secondary N) is 4. The largest absolute Gasteiger partial charge is 0.593 e. The maximum absolute atomic E-state index is 15.2. The van der Waals surface area contributed by atoms with Crippen LogP contribution in [-0.2, 0) is 29.6 Å². The molecule has 0 bridgehead atoms. The number of anilines is 1. The zero-order chi connectivity index (χ0) is 39.3. The fraction of sp³-hybridized carbons (Fsp3) is 0.270. The van der Waals surface area contributed by atoms with E-state index in [0.717, 1.165) is 12.1 Å². The number of allylic oxidation sites excluding steroid dienone is 2. The lowest BCUT2D eigenvalue weighted by Crippen LogP contribution is -2.41. The van der Waals surface area contributed by atoms with E-state index in [1.807, 2.05) is 0 Å². The third-order valence-electron chi connectivity index (χ3n) is 9.57. The Labute approximate surface area is 318 Å². The van der Waals surface area contributed by atoms with Gasteiger partial charge in [0.2, 0.25) is 11.7 Å². The first kappa shape index (κ1) is 38.2. The highest BCUT2D eigenvalue weighted by atomic mass is 35.5. The summed E-state index contributed by atoms with van der Waals surface area (Å²) in [6, 6.07) is 10.2.